The average molecular weight is 180 g/mol. The zero-order valence-corrected chi connectivity index (χ0v) is 9.31. The van der Waals surface area contributed by atoms with Gasteiger partial charge in [-0.05, 0) is 22.9 Å². The van der Waals surface area contributed by atoms with E-state index >= 15 is 0 Å². The van der Waals surface area contributed by atoms with E-state index in [0.717, 1.165) is 8.58 Å². The topological polar surface area (TPSA) is 0 Å². The second kappa shape index (κ2) is 3.58. The van der Waals surface area contributed by atoms with Crippen LogP contribution in [0.4, 0.5) is 0 Å². The van der Waals surface area contributed by atoms with Gasteiger partial charge in [0, 0.05) is 0 Å². The third-order valence-electron chi connectivity index (χ3n) is 2.04. The SMILES string of the molecule is CPc1ccc(C(C)(C)C)cc1. The van der Waals surface area contributed by atoms with Crippen LogP contribution in [0.3, 0.4) is 0 Å². The van der Waals surface area contributed by atoms with Gasteiger partial charge in [-0.2, -0.15) is 0 Å². The lowest BCUT2D eigenvalue weighted by Crippen LogP contribution is -2.11. The van der Waals surface area contributed by atoms with Gasteiger partial charge in [0.25, 0.3) is 0 Å². The van der Waals surface area contributed by atoms with Crippen LogP contribution in [0.1, 0.15) is 26.3 Å². The van der Waals surface area contributed by atoms with E-state index in [1.807, 2.05) is 0 Å². The minimum atomic E-state index is 0.287. The molecule has 0 radical (unpaired) electrons. The lowest BCUT2D eigenvalue weighted by molar-refractivity contribution is 0.590. The maximum atomic E-state index is 2.25. The Morgan fingerprint density at radius 2 is 1.50 bits per heavy atom. The molecule has 0 saturated carbocycles. The minimum absolute atomic E-state index is 0.287. The predicted molar refractivity (Wildman–Crippen MR) is 59.0 cm³/mol. The summed E-state index contributed by atoms with van der Waals surface area (Å²) in [6.45, 7) is 8.95. The summed E-state index contributed by atoms with van der Waals surface area (Å²) in [7, 11) is 0.910. The Morgan fingerprint density at radius 3 is 1.83 bits per heavy atom. The first-order valence-corrected chi connectivity index (χ1v) is 5.82. The zero-order chi connectivity index (χ0) is 9.19. The van der Waals surface area contributed by atoms with Gasteiger partial charge in [-0.15, -0.1) is 0 Å². The number of hydrogen-bond donors (Lipinski definition) is 0. The standard InChI is InChI=1S/C11H17P/c1-11(2,3)9-5-7-10(12-4)8-6-9/h5-8,12H,1-4H3. The van der Waals surface area contributed by atoms with Gasteiger partial charge in [0.15, 0.2) is 0 Å². The first-order chi connectivity index (χ1) is 5.54. The molecule has 0 fully saturated rings. The molecule has 1 unspecified atom stereocenters. The first-order valence-electron chi connectivity index (χ1n) is 4.32. The van der Waals surface area contributed by atoms with Crippen LogP contribution in [0.15, 0.2) is 24.3 Å². The molecule has 1 aromatic carbocycles. The fraction of sp³-hybridized carbons (Fsp3) is 0.455. The highest BCUT2D eigenvalue weighted by Crippen LogP contribution is 2.21. The monoisotopic (exact) mass is 180 g/mol. The minimum Gasteiger partial charge on any atom is -0.0936 e. The van der Waals surface area contributed by atoms with E-state index in [1.165, 1.54) is 10.9 Å². The molecule has 0 amide bonds. The summed E-state index contributed by atoms with van der Waals surface area (Å²) in [6.07, 6.45) is 0. The summed E-state index contributed by atoms with van der Waals surface area (Å²) >= 11 is 0. The van der Waals surface area contributed by atoms with Crippen molar-refractivity contribution < 1.29 is 0 Å². The van der Waals surface area contributed by atoms with Crippen LogP contribution in [0.5, 0.6) is 0 Å². The quantitative estimate of drug-likeness (QED) is 0.583. The van der Waals surface area contributed by atoms with Gasteiger partial charge in [0.1, 0.15) is 0 Å². The van der Waals surface area contributed by atoms with Crippen molar-refractivity contribution in [1.29, 1.82) is 0 Å². The van der Waals surface area contributed by atoms with Crippen molar-refractivity contribution in [2.75, 3.05) is 6.66 Å². The summed E-state index contributed by atoms with van der Waals surface area (Å²) in [5, 5.41) is 1.45. The smallest absolute Gasteiger partial charge is 0.0132 e. The lowest BCUT2D eigenvalue weighted by atomic mass is 9.87. The molecule has 0 spiro atoms. The van der Waals surface area contributed by atoms with E-state index in [9.17, 15) is 0 Å². The van der Waals surface area contributed by atoms with Crippen LogP contribution in [-0.2, 0) is 5.41 Å². The molecular weight excluding hydrogens is 163 g/mol. The largest absolute Gasteiger partial charge is 0.0936 e. The van der Waals surface area contributed by atoms with Crippen LogP contribution >= 0.6 is 8.58 Å². The van der Waals surface area contributed by atoms with Crippen LogP contribution in [0, 0.1) is 0 Å². The highest BCUT2D eigenvalue weighted by molar-refractivity contribution is 7.46. The molecule has 0 heterocycles. The molecule has 1 rings (SSSR count). The number of hydrogen-bond acceptors (Lipinski definition) is 0. The Kier molecular flexibility index (Phi) is 2.90. The second-order valence-electron chi connectivity index (χ2n) is 4.08. The Hall–Kier alpha value is -0.350. The molecular formula is C11H17P. The third kappa shape index (κ3) is 2.32. The summed E-state index contributed by atoms with van der Waals surface area (Å²) < 4.78 is 0. The van der Waals surface area contributed by atoms with E-state index in [1.54, 1.807) is 0 Å². The van der Waals surface area contributed by atoms with Gasteiger partial charge in [0.2, 0.25) is 0 Å². The van der Waals surface area contributed by atoms with Crippen molar-refractivity contribution >= 4 is 13.9 Å². The van der Waals surface area contributed by atoms with E-state index in [2.05, 4.69) is 51.7 Å². The summed E-state index contributed by atoms with van der Waals surface area (Å²) in [5.41, 5.74) is 1.71. The fourth-order valence-corrected chi connectivity index (χ4v) is 1.64. The van der Waals surface area contributed by atoms with Crippen LogP contribution in [-0.4, -0.2) is 6.66 Å². The summed E-state index contributed by atoms with van der Waals surface area (Å²) in [4.78, 5) is 0. The van der Waals surface area contributed by atoms with Crippen molar-refractivity contribution in [3.05, 3.63) is 29.8 Å². The van der Waals surface area contributed by atoms with Crippen molar-refractivity contribution in [3.63, 3.8) is 0 Å². The highest BCUT2D eigenvalue weighted by atomic mass is 31.1. The molecule has 0 bridgehead atoms. The number of benzene rings is 1. The van der Waals surface area contributed by atoms with Gasteiger partial charge < -0.3 is 0 Å². The predicted octanol–water partition coefficient (Wildman–Crippen LogP) is 2.92. The first kappa shape index (κ1) is 9.74. The van der Waals surface area contributed by atoms with Gasteiger partial charge in [-0.3, -0.25) is 0 Å². The van der Waals surface area contributed by atoms with Crippen LogP contribution in [0.25, 0.3) is 0 Å². The molecule has 0 N–H and O–H groups in total. The maximum Gasteiger partial charge on any atom is -0.0132 e. The molecule has 0 aliphatic carbocycles. The van der Waals surface area contributed by atoms with E-state index < -0.39 is 0 Å². The molecule has 1 aromatic rings. The van der Waals surface area contributed by atoms with Crippen LogP contribution < -0.4 is 5.30 Å². The van der Waals surface area contributed by atoms with Gasteiger partial charge in [-0.1, -0.05) is 53.6 Å². The molecule has 1 heteroatoms. The summed E-state index contributed by atoms with van der Waals surface area (Å²) in [5.74, 6) is 0. The van der Waals surface area contributed by atoms with Gasteiger partial charge in [-0.25, -0.2) is 0 Å². The molecule has 0 aromatic heterocycles. The van der Waals surface area contributed by atoms with Crippen molar-refractivity contribution in [3.8, 4) is 0 Å². The summed E-state index contributed by atoms with van der Waals surface area (Å²) in [6, 6.07) is 8.95. The van der Waals surface area contributed by atoms with E-state index in [4.69, 9.17) is 0 Å². The third-order valence-corrected chi connectivity index (χ3v) is 2.95. The van der Waals surface area contributed by atoms with Crippen molar-refractivity contribution in [2.24, 2.45) is 0 Å². The molecule has 0 aliphatic heterocycles. The highest BCUT2D eigenvalue weighted by Gasteiger charge is 2.12. The molecule has 0 saturated heterocycles. The average Bonchev–Trinajstić information content (AvgIpc) is 2.03. The molecule has 0 aliphatic rings. The van der Waals surface area contributed by atoms with Crippen molar-refractivity contribution in [2.45, 2.75) is 26.2 Å². The van der Waals surface area contributed by atoms with Gasteiger partial charge in [0.05, 0.1) is 0 Å². The van der Waals surface area contributed by atoms with Crippen molar-refractivity contribution in [1.82, 2.24) is 0 Å². The van der Waals surface area contributed by atoms with E-state index in [0.29, 0.717) is 0 Å². The molecule has 66 valence electrons. The van der Waals surface area contributed by atoms with Gasteiger partial charge >= 0.3 is 0 Å². The Balaban J connectivity index is 2.93. The Bertz CT molecular complexity index is 241. The normalized spacial score (nSPS) is 12.7. The molecule has 0 nitrogen and oxygen atoms in total. The molecule has 12 heavy (non-hydrogen) atoms. The Labute approximate surface area is 77.2 Å². The van der Waals surface area contributed by atoms with Crippen LogP contribution in [0.2, 0.25) is 0 Å². The number of rotatable bonds is 1. The second-order valence-corrected chi connectivity index (χ2v) is 5.15. The Morgan fingerprint density at radius 1 is 1.00 bits per heavy atom. The lowest BCUT2D eigenvalue weighted by Gasteiger charge is -2.18. The fourth-order valence-electron chi connectivity index (χ4n) is 1.14. The zero-order valence-electron chi connectivity index (χ0n) is 8.31. The van der Waals surface area contributed by atoms with E-state index in [-0.39, 0.29) is 5.41 Å². The maximum absolute atomic E-state index is 2.25. The molecule has 1 atom stereocenters.